The fraction of sp³-hybridized carbons (Fsp3) is 0.390. The van der Waals surface area contributed by atoms with Crippen molar-refractivity contribution < 1.29 is 0 Å². The first kappa shape index (κ1) is 60.1. The molecule has 9 aromatic carbocycles. The number of fused-ring (bicyclic) bond motifs is 2. The third kappa shape index (κ3) is 12.3. The minimum Gasteiger partial charge on any atom is -0.0579 e. The Bertz CT molecular complexity index is 3330. The first-order valence-electron chi connectivity index (χ1n) is 30.6. The smallest absolute Gasteiger partial charge is 0.00257 e. The molecule has 0 amide bonds. The van der Waals surface area contributed by atoms with Gasteiger partial charge in [-0.2, -0.15) is 0 Å². The molecule has 0 aliphatic rings. The van der Waals surface area contributed by atoms with Gasteiger partial charge in [-0.1, -0.05) is 300 Å². The standard InChI is InChI=1S/C82H98/c1-75(2,3)57-33-25-51(26-34-57)65-47-69-70(48-66(65)52-27-35-58(36-28-52)76(4,5)6)74(56-43-63(81(19,20)21)46-64(44-56)82(22,23)24)72-50-68(54-31-39-60(40-32-54)78(10,11)12)67(53-29-37-59(38-30-53)77(7,8)9)49-71(72)73(69)55-41-61(79(13,14)15)45-62(42-55)80(16,17)18/h25-50H,1-24H3. The zero-order chi connectivity index (χ0) is 60.2. The molecule has 426 valence electrons. The van der Waals surface area contributed by atoms with Crippen LogP contribution in [0, 0.1) is 0 Å². The summed E-state index contributed by atoms with van der Waals surface area (Å²) in [5.74, 6) is 0. The van der Waals surface area contributed by atoms with E-state index >= 15 is 0 Å². The van der Waals surface area contributed by atoms with Crippen LogP contribution in [0.5, 0.6) is 0 Å². The number of hydrogen-bond acceptors (Lipinski definition) is 0. The molecule has 9 aromatic rings. The van der Waals surface area contributed by atoms with Crippen molar-refractivity contribution in [3.8, 4) is 66.8 Å². The molecule has 0 aliphatic carbocycles. The highest BCUT2D eigenvalue weighted by molar-refractivity contribution is 6.24. The van der Waals surface area contributed by atoms with Gasteiger partial charge in [0, 0.05) is 0 Å². The van der Waals surface area contributed by atoms with Gasteiger partial charge in [0.15, 0.2) is 0 Å². The van der Waals surface area contributed by atoms with Crippen LogP contribution >= 0.6 is 0 Å². The largest absolute Gasteiger partial charge is 0.0579 e. The number of hydrogen-bond donors (Lipinski definition) is 0. The Balaban J connectivity index is 1.60. The van der Waals surface area contributed by atoms with E-state index in [9.17, 15) is 0 Å². The quantitative estimate of drug-likeness (QED) is 0.146. The molecule has 0 N–H and O–H groups in total. The van der Waals surface area contributed by atoms with Crippen molar-refractivity contribution in [2.45, 2.75) is 209 Å². The molecule has 9 rings (SSSR count). The monoisotopic (exact) mass is 1080 g/mol. The summed E-state index contributed by atoms with van der Waals surface area (Å²) >= 11 is 0. The maximum atomic E-state index is 2.60. The lowest BCUT2D eigenvalue weighted by atomic mass is 9.75. The second-order valence-corrected chi connectivity index (χ2v) is 32.5. The zero-order valence-corrected chi connectivity index (χ0v) is 55.0. The molecule has 0 radical (unpaired) electrons. The van der Waals surface area contributed by atoms with E-state index < -0.39 is 0 Å². The van der Waals surface area contributed by atoms with E-state index in [-0.39, 0.29) is 43.3 Å². The van der Waals surface area contributed by atoms with Crippen LogP contribution < -0.4 is 0 Å². The van der Waals surface area contributed by atoms with Crippen LogP contribution in [0.2, 0.25) is 0 Å². The summed E-state index contributed by atoms with van der Waals surface area (Å²) < 4.78 is 0. The molecular weight excluding hydrogens is 985 g/mol. The van der Waals surface area contributed by atoms with Crippen molar-refractivity contribution in [1.29, 1.82) is 0 Å². The van der Waals surface area contributed by atoms with Crippen molar-refractivity contribution in [3.63, 3.8) is 0 Å². The van der Waals surface area contributed by atoms with Crippen molar-refractivity contribution in [2.75, 3.05) is 0 Å². The highest BCUT2D eigenvalue weighted by Crippen LogP contribution is 2.52. The fourth-order valence-electron chi connectivity index (χ4n) is 11.8. The lowest BCUT2D eigenvalue weighted by Crippen LogP contribution is -2.16. The van der Waals surface area contributed by atoms with Crippen LogP contribution in [0.4, 0.5) is 0 Å². The molecule has 0 saturated carbocycles. The van der Waals surface area contributed by atoms with E-state index in [2.05, 4.69) is 324 Å². The SMILES string of the molecule is CC(C)(C)c1ccc(-c2cc3c(-c4cc(C(C)(C)C)cc(C(C)(C)C)c4)c4cc(-c5ccc(C(C)(C)C)cc5)c(-c5ccc(C(C)(C)C)cc5)cc4c(-c4cc(C(C)(C)C)cc(C(C)(C)C)c4)c3cc2-c2ccc(C(C)(C)C)cc2)cc1. The van der Waals surface area contributed by atoms with Crippen LogP contribution in [-0.2, 0) is 43.3 Å². The highest BCUT2D eigenvalue weighted by atomic mass is 14.3. The predicted octanol–water partition coefficient (Wildman–Crippen LogP) is 24.4. The molecule has 0 bridgehead atoms. The molecule has 0 aromatic heterocycles. The van der Waals surface area contributed by atoms with Gasteiger partial charge in [0.25, 0.3) is 0 Å². The lowest BCUT2D eigenvalue weighted by Gasteiger charge is -2.29. The second kappa shape index (κ2) is 20.7. The Morgan fingerprint density at radius 2 is 0.317 bits per heavy atom. The van der Waals surface area contributed by atoms with Gasteiger partial charge in [0.05, 0.1) is 0 Å². The van der Waals surface area contributed by atoms with E-state index in [1.54, 1.807) is 0 Å². The van der Waals surface area contributed by atoms with E-state index in [1.807, 2.05) is 0 Å². The first-order valence-corrected chi connectivity index (χ1v) is 30.6. The van der Waals surface area contributed by atoms with Gasteiger partial charge in [-0.25, -0.2) is 0 Å². The summed E-state index contributed by atoms with van der Waals surface area (Å²) in [5, 5.41) is 5.03. The van der Waals surface area contributed by atoms with Gasteiger partial charge in [0.1, 0.15) is 0 Å². The minimum absolute atomic E-state index is 0.0170. The summed E-state index contributed by atoms with van der Waals surface area (Å²) in [6, 6.07) is 63.5. The van der Waals surface area contributed by atoms with Crippen LogP contribution in [0.3, 0.4) is 0 Å². The van der Waals surface area contributed by atoms with E-state index in [0.717, 1.165) is 0 Å². The highest BCUT2D eigenvalue weighted by Gasteiger charge is 2.29. The molecule has 0 saturated heterocycles. The average Bonchev–Trinajstić information content (AvgIpc) is 2.00. The zero-order valence-electron chi connectivity index (χ0n) is 55.0. The maximum absolute atomic E-state index is 2.60. The van der Waals surface area contributed by atoms with Gasteiger partial charge < -0.3 is 0 Å². The topological polar surface area (TPSA) is 0 Å². The maximum Gasteiger partial charge on any atom is -0.00257 e. The molecule has 0 atom stereocenters. The van der Waals surface area contributed by atoms with Gasteiger partial charge in [-0.3, -0.25) is 0 Å². The van der Waals surface area contributed by atoms with Crippen molar-refractivity contribution in [2.24, 2.45) is 0 Å². The summed E-state index contributed by atoms with van der Waals surface area (Å²) in [6.45, 7) is 56.3. The summed E-state index contributed by atoms with van der Waals surface area (Å²) in [4.78, 5) is 0. The Hall–Kier alpha value is -6.50. The Kier molecular flexibility index (Phi) is 15.2. The Morgan fingerprint density at radius 3 is 0.463 bits per heavy atom. The molecule has 0 unspecified atom stereocenters. The summed E-state index contributed by atoms with van der Waals surface area (Å²) in [7, 11) is 0. The van der Waals surface area contributed by atoms with E-state index in [4.69, 9.17) is 0 Å². The van der Waals surface area contributed by atoms with Gasteiger partial charge in [0.2, 0.25) is 0 Å². The van der Waals surface area contributed by atoms with Crippen molar-refractivity contribution in [3.05, 3.63) is 202 Å². The summed E-state index contributed by atoms with van der Waals surface area (Å²) in [5.41, 5.74) is 25.2. The van der Waals surface area contributed by atoms with Crippen LogP contribution in [0.25, 0.3) is 88.3 Å². The van der Waals surface area contributed by atoms with Crippen LogP contribution in [0.1, 0.15) is 211 Å². The van der Waals surface area contributed by atoms with Crippen molar-refractivity contribution >= 4 is 21.5 Å². The van der Waals surface area contributed by atoms with Crippen LogP contribution in [0.15, 0.2) is 158 Å². The average molecular weight is 1080 g/mol. The molecule has 0 spiro atoms. The third-order valence-electron chi connectivity index (χ3n) is 17.5. The van der Waals surface area contributed by atoms with Gasteiger partial charge in [-0.05, 0) is 200 Å². The molecule has 0 aliphatic heterocycles. The predicted molar refractivity (Wildman–Crippen MR) is 364 cm³/mol. The fourth-order valence-corrected chi connectivity index (χ4v) is 11.8. The van der Waals surface area contributed by atoms with E-state index in [1.165, 1.54) is 133 Å². The molecular formula is C82H98. The normalized spacial score (nSPS) is 13.4. The number of rotatable bonds is 6. The van der Waals surface area contributed by atoms with Gasteiger partial charge >= 0.3 is 0 Å². The third-order valence-corrected chi connectivity index (χ3v) is 17.5. The molecule has 0 fully saturated rings. The molecule has 82 heavy (non-hydrogen) atoms. The summed E-state index contributed by atoms with van der Waals surface area (Å²) in [6.07, 6.45) is 0. The van der Waals surface area contributed by atoms with Crippen molar-refractivity contribution in [1.82, 2.24) is 0 Å². The van der Waals surface area contributed by atoms with Crippen LogP contribution in [-0.4, -0.2) is 0 Å². The first-order chi connectivity index (χ1) is 37.7. The molecule has 0 nitrogen and oxygen atoms in total. The molecule has 0 heterocycles. The Labute approximate surface area is 497 Å². The second-order valence-electron chi connectivity index (χ2n) is 32.5. The minimum atomic E-state index is -0.100. The Morgan fingerprint density at radius 1 is 0.159 bits per heavy atom. The van der Waals surface area contributed by atoms with Gasteiger partial charge in [-0.15, -0.1) is 0 Å². The number of benzene rings is 9. The molecule has 0 heteroatoms. The van der Waals surface area contributed by atoms with E-state index in [0.29, 0.717) is 0 Å². The lowest BCUT2D eigenvalue weighted by molar-refractivity contribution is 0.568.